The summed E-state index contributed by atoms with van der Waals surface area (Å²) >= 11 is 13.5. The number of rotatable bonds is 6. The van der Waals surface area contributed by atoms with E-state index < -0.39 is 0 Å². The van der Waals surface area contributed by atoms with Gasteiger partial charge in [-0.25, -0.2) is 9.78 Å². The van der Waals surface area contributed by atoms with E-state index >= 15 is 0 Å². The second kappa shape index (κ2) is 8.27. The Morgan fingerprint density at radius 2 is 2.14 bits per heavy atom. The van der Waals surface area contributed by atoms with Crippen LogP contribution in [0.15, 0.2) is 23.6 Å². The first kappa shape index (κ1) is 19.5. The fourth-order valence-electron chi connectivity index (χ4n) is 3.21. The van der Waals surface area contributed by atoms with Gasteiger partial charge >= 0.3 is 6.03 Å². The quantitative estimate of drug-likeness (QED) is 0.737. The van der Waals surface area contributed by atoms with Crippen LogP contribution < -0.4 is 10.2 Å². The summed E-state index contributed by atoms with van der Waals surface area (Å²) < 4.78 is 0. The summed E-state index contributed by atoms with van der Waals surface area (Å²) in [5.74, 6) is 0.0357. The Kier molecular flexibility index (Phi) is 5.75. The molecule has 1 aromatic carbocycles. The van der Waals surface area contributed by atoms with E-state index in [1.165, 1.54) is 11.3 Å². The molecule has 2 heterocycles. The Labute approximate surface area is 177 Å². The van der Waals surface area contributed by atoms with Crippen LogP contribution in [-0.2, 0) is 17.8 Å². The van der Waals surface area contributed by atoms with Crippen molar-refractivity contribution in [3.8, 4) is 0 Å². The topological polar surface area (TPSA) is 65.5 Å². The van der Waals surface area contributed by atoms with E-state index in [4.69, 9.17) is 23.2 Å². The molecule has 0 unspecified atom stereocenters. The predicted molar refractivity (Wildman–Crippen MR) is 111 cm³/mol. The van der Waals surface area contributed by atoms with Gasteiger partial charge in [-0.05, 0) is 37.0 Å². The number of nitrogens with zero attached hydrogens (tertiary/aromatic N) is 3. The number of carbonyl (C=O) groups is 2. The molecule has 4 rings (SSSR count). The molecule has 1 aliphatic heterocycles. The second-order valence-corrected chi connectivity index (χ2v) is 8.69. The summed E-state index contributed by atoms with van der Waals surface area (Å²) in [6.45, 7) is 1.85. The lowest BCUT2D eigenvalue weighted by Crippen LogP contribution is -2.46. The average molecular weight is 439 g/mol. The van der Waals surface area contributed by atoms with E-state index in [-0.39, 0.29) is 24.4 Å². The molecule has 6 nitrogen and oxygen atoms in total. The smallest absolute Gasteiger partial charge is 0.323 e. The molecule has 0 atom stereocenters. The van der Waals surface area contributed by atoms with Crippen molar-refractivity contribution >= 4 is 51.6 Å². The van der Waals surface area contributed by atoms with E-state index in [1.54, 1.807) is 11.0 Å². The SMILES string of the molecule is O=C1NCCCN1c1nc(CC(=O)N(Cc2ccc(Cl)c(Cl)c2)C2CC2)cs1. The number of halogens is 2. The molecular formula is C19H20Cl2N4O2S. The van der Waals surface area contributed by atoms with Gasteiger partial charge in [-0.1, -0.05) is 29.3 Å². The van der Waals surface area contributed by atoms with Gasteiger partial charge in [-0.15, -0.1) is 11.3 Å². The molecular weight excluding hydrogens is 419 g/mol. The minimum absolute atomic E-state index is 0.0357. The minimum atomic E-state index is -0.127. The number of hydrogen-bond acceptors (Lipinski definition) is 4. The Morgan fingerprint density at radius 1 is 1.32 bits per heavy atom. The molecule has 1 N–H and O–H groups in total. The highest BCUT2D eigenvalue weighted by molar-refractivity contribution is 7.14. The fraction of sp³-hybridized carbons (Fsp3) is 0.421. The van der Waals surface area contributed by atoms with Crippen LogP contribution in [0.3, 0.4) is 0 Å². The van der Waals surface area contributed by atoms with E-state index in [0.717, 1.165) is 24.8 Å². The summed E-state index contributed by atoms with van der Waals surface area (Å²) in [7, 11) is 0. The molecule has 2 aliphatic rings. The molecule has 2 aromatic rings. The van der Waals surface area contributed by atoms with Crippen LogP contribution in [0.4, 0.5) is 9.93 Å². The van der Waals surface area contributed by atoms with Gasteiger partial charge in [0.25, 0.3) is 0 Å². The van der Waals surface area contributed by atoms with Gasteiger partial charge in [0.1, 0.15) is 0 Å². The summed E-state index contributed by atoms with van der Waals surface area (Å²) in [6, 6.07) is 5.60. The van der Waals surface area contributed by atoms with Gasteiger partial charge in [0, 0.05) is 31.1 Å². The molecule has 3 amide bonds. The zero-order chi connectivity index (χ0) is 19.7. The highest BCUT2D eigenvalue weighted by Crippen LogP contribution is 2.31. The van der Waals surface area contributed by atoms with E-state index in [0.29, 0.717) is 40.5 Å². The Balaban J connectivity index is 1.43. The lowest BCUT2D eigenvalue weighted by atomic mass is 10.2. The maximum Gasteiger partial charge on any atom is 0.323 e. The number of aromatic nitrogens is 1. The van der Waals surface area contributed by atoms with Crippen LogP contribution in [0, 0.1) is 0 Å². The Bertz CT molecular complexity index is 900. The number of carbonyl (C=O) groups excluding carboxylic acids is 2. The summed E-state index contributed by atoms with van der Waals surface area (Å²) in [5, 5.41) is 6.32. The van der Waals surface area contributed by atoms with Crippen molar-refractivity contribution in [3.05, 3.63) is 44.9 Å². The summed E-state index contributed by atoms with van der Waals surface area (Å²) in [4.78, 5) is 33.0. The van der Waals surface area contributed by atoms with Gasteiger partial charge in [0.05, 0.1) is 22.2 Å². The number of urea groups is 1. The fourth-order valence-corrected chi connectivity index (χ4v) is 4.38. The zero-order valence-corrected chi connectivity index (χ0v) is 17.5. The van der Waals surface area contributed by atoms with Crippen LogP contribution in [0.1, 0.15) is 30.5 Å². The number of benzene rings is 1. The van der Waals surface area contributed by atoms with Gasteiger partial charge in [0.2, 0.25) is 5.91 Å². The van der Waals surface area contributed by atoms with Crippen LogP contribution >= 0.6 is 34.5 Å². The minimum Gasteiger partial charge on any atom is -0.338 e. The van der Waals surface area contributed by atoms with E-state index in [2.05, 4.69) is 10.3 Å². The van der Waals surface area contributed by atoms with E-state index in [9.17, 15) is 9.59 Å². The van der Waals surface area contributed by atoms with Crippen LogP contribution in [0.5, 0.6) is 0 Å². The standard InChI is InChI=1S/C19H20Cl2N4O2S/c20-15-5-2-12(8-16(15)21)10-25(14-3-4-14)17(26)9-13-11-28-19(23-13)24-7-1-6-22-18(24)27/h2,5,8,11,14H,1,3-4,6-7,9-10H2,(H,22,27). The normalized spacial score (nSPS) is 16.8. The molecule has 0 radical (unpaired) electrons. The maximum atomic E-state index is 12.9. The third-order valence-electron chi connectivity index (χ3n) is 4.83. The van der Waals surface area contributed by atoms with Gasteiger partial charge in [0.15, 0.2) is 5.13 Å². The van der Waals surface area contributed by atoms with Gasteiger partial charge < -0.3 is 10.2 Å². The average Bonchev–Trinajstić information content (AvgIpc) is 3.41. The molecule has 148 valence electrons. The molecule has 0 spiro atoms. The maximum absolute atomic E-state index is 12.9. The molecule has 1 saturated heterocycles. The molecule has 9 heteroatoms. The van der Waals surface area contributed by atoms with Crippen molar-refractivity contribution in [2.75, 3.05) is 18.0 Å². The largest absolute Gasteiger partial charge is 0.338 e. The van der Waals surface area contributed by atoms with Crippen LogP contribution in [0.25, 0.3) is 0 Å². The summed E-state index contributed by atoms with van der Waals surface area (Å²) in [6.07, 6.45) is 3.15. The lowest BCUT2D eigenvalue weighted by Gasteiger charge is -2.25. The van der Waals surface area contributed by atoms with Crippen LogP contribution in [-0.4, -0.2) is 41.0 Å². The monoisotopic (exact) mass is 438 g/mol. The van der Waals surface area contributed by atoms with Crippen molar-refractivity contribution in [1.29, 1.82) is 0 Å². The highest BCUT2D eigenvalue weighted by atomic mass is 35.5. The van der Waals surface area contributed by atoms with Crippen molar-refractivity contribution in [1.82, 2.24) is 15.2 Å². The first-order valence-electron chi connectivity index (χ1n) is 9.24. The third-order valence-corrected chi connectivity index (χ3v) is 6.48. The molecule has 28 heavy (non-hydrogen) atoms. The van der Waals surface area contributed by atoms with Crippen molar-refractivity contribution in [2.45, 2.75) is 38.3 Å². The molecule has 2 fully saturated rings. The third kappa shape index (κ3) is 4.42. The first-order valence-corrected chi connectivity index (χ1v) is 10.9. The van der Waals surface area contributed by atoms with Gasteiger partial charge in [-0.2, -0.15) is 0 Å². The van der Waals surface area contributed by atoms with Crippen molar-refractivity contribution < 1.29 is 9.59 Å². The lowest BCUT2D eigenvalue weighted by molar-refractivity contribution is -0.131. The molecule has 1 aliphatic carbocycles. The number of amides is 3. The zero-order valence-electron chi connectivity index (χ0n) is 15.2. The van der Waals surface area contributed by atoms with Crippen molar-refractivity contribution in [3.63, 3.8) is 0 Å². The summed E-state index contributed by atoms with van der Waals surface area (Å²) in [5.41, 5.74) is 1.65. The van der Waals surface area contributed by atoms with Crippen LogP contribution in [0.2, 0.25) is 10.0 Å². The number of thiazole rings is 1. The Hall–Kier alpha value is -1.83. The number of hydrogen-bond donors (Lipinski definition) is 1. The van der Waals surface area contributed by atoms with Crippen molar-refractivity contribution in [2.24, 2.45) is 0 Å². The molecule has 1 saturated carbocycles. The molecule has 0 bridgehead atoms. The molecule has 1 aromatic heterocycles. The second-order valence-electron chi connectivity index (χ2n) is 7.04. The first-order chi connectivity index (χ1) is 13.5. The van der Waals surface area contributed by atoms with Gasteiger partial charge in [-0.3, -0.25) is 9.69 Å². The highest BCUT2D eigenvalue weighted by Gasteiger charge is 2.33. The number of anilines is 1. The van der Waals surface area contributed by atoms with E-state index in [1.807, 2.05) is 22.4 Å². The predicted octanol–water partition coefficient (Wildman–Crippen LogP) is 4.10. The Morgan fingerprint density at radius 3 is 2.86 bits per heavy atom. The number of nitrogens with one attached hydrogen (secondary N) is 1.